The number of Topliss-reactive ketones (excluding diaryl/α,β-unsaturated/α-hetero) is 1. The number of likely N-dealkylation sites (tertiary alicyclic amines) is 1. The zero-order valence-electron chi connectivity index (χ0n) is 15.5. The molecule has 1 saturated heterocycles. The molecule has 1 aliphatic rings. The predicted octanol–water partition coefficient (Wildman–Crippen LogP) is 3.63. The van der Waals surface area contributed by atoms with E-state index in [1.54, 1.807) is 18.2 Å². The summed E-state index contributed by atoms with van der Waals surface area (Å²) >= 11 is 0. The molecule has 4 heteroatoms. The summed E-state index contributed by atoms with van der Waals surface area (Å²) in [6, 6.07) is 17.8. The third-order valence-electron chi connectivity index (χ3n) is 5.12. The van der Waals surface area contributed by atoms with Crippen LogP contribution in [0.25, 0.3) is 0 Å². The van der Waals surface area contributed by atoms with Gasteiger partial charge < -0.3 is 4.90 Å². The Morgan fingerprint density at radius 3 is 2.38 bits per heavy atom. The molecule has 0 bridgehead atoms. The van der Waals surface area contributed by atoms with Crippen molar-refractivity contribution in [3.05, 3.63) is 71.3 Å². The third kappa shape index (κ3) is 4.20. The highest BCUT2D eigenvalue weighted by Gasteiger charge is 2.28. The van der Waals surface area contributed by atoms with Gasteiger partial charge in [0, 0.05) is 31.2 Å². The van der Waals surface area contributed by atoms with Gasteiger partial charge in [0.1, 0.15) is 0 Å². The van der Waals surface area contributed by atoms with Crippen molar-refractivity contribution in [2.75, 3.05) is 20.1 Å². The first-order valence-corrected chi connectivity index (χ1v) is 9.19. The number of amides is 1. The number of likely N-dealkylation sites (N-methyl/N-ethyl adjacent to an activating group) is 1. The molecule has 4 nitrogen and oxygen atoms in total. The van der Waals surface area contributed by atoms with Crippen LogP contribution in [-0.2, 0) is 6.54 Å². The number of hydrogen-bond donors (Lipinski definition) is 0. The van der Waals surface area contributed by atoms with Crippen LogP contribution in [0.4, 0.5) is 0 Å². The van der Waals surface area contributed by atoms with Crippen LogP contribution in [0, 0.1) is 0 Å². The number of benzene rings is 2. The highest BCUT2D eigenvalue weighted by molar-refractivity contribution is 6.07. The molecule has 1 heterocycles. The lowest BCUT2D eigenvalue weighted by atomic mass is 9.99. The van der Waals surface area contributed by atoms with E-state index in [-0.39, 0.29) is 11.7 Å². The predicted molar refractivity (Wildman–Crippen MR) is 103 cm³/mol. The van der Waals surface area contributed by atoms with Crippen molar-refractivity contribution in [2.24, 2.45) is 0 Å². The summed E-state index contributed by atoms with van der Waals surface area (Å²) < 4.78 is 0. The highest BCUT2D eigenvalue weighted by atomic mass is 16.2. The van der Waals surface area contributed by atoms with Gasteiger partial charge in [-0.15, -0.1) is 0 Å². The van der Waals surface area contributed by atoms with E-state index >= 15 is 0 Å². The van der Waals surface area contributed by atoms with Crippen molar-refractivity contribution in [3.8, 4) is 0 Å². The molecule has 1 fully saturated rings. The molecular weight excluding hydrogens is 324 g/mol. The van der Waals surface area contributed by atoms with Crippen LogP contribution >= 0.6 is 0 Å². The molecule has 1 unspecified atom stereocenters. The average molecular weight is 350 g/mol. The van der Waals surface area contributed by atoms with Gasteiger partial charge in [0.15, 0.2) is 5.78 Å². The van der Waals surface area contributed by atoms with Crippen LogP contribution in [0.3, 0.4) is 0 Å². The first kappa shape index (κ1) is 18.3. The Morgan fingerprint density at radius 1 is 1.04 bits per heavy atom. The van der Waals surface area contributed by atoms with Crippen LogP contribution in [0.2, 0.25) is 0 Å². The second-order valence-electron chi connectivity index (χ2n) is 7.05. The number of nitrogens with zero attached hydrogens (tertiary/aromatic N) is 2. The van der Waals surface area contributed by atoms with E-state index in [2.05, 4.69) is 36.2 Å². The number of rotatable bonds is 5. The minimum atomic E-state index is -0.0660. The zero-order chi connectivity index (χ0) is 18.5. The molecule has 0 saturated carbocycles. The molecule has 0 spiro atoms. The fraction of sp³-hybridized carbons (Fsp3) is 0.364. The Morgan fingerprint density at radius 2 is 1.69 bits per heavy atom. The molecule has 0 aliphatic carbocycles. The van der Waals surface area contributed by atoms with Crippen LogP contribution in [0.1, 0.15) is 46.0 Å². The number of carbonyl (C=O) groups is 2. The lowest BCUT2D eigenvalue weighted by Crippen LogP contribution is -2.48. The second kappa shape index (κ2) is 8.28. The van der Waals surface area contributed by atoms with Crippen molar-refractivity contribution >= 4 is 11.7 Å². The Labute approximate surface area is 155 Å². The van der Waals surface area contributed by atoms with Gasteiger partial charge in [0.2, 0.25) is 0 Å². The maximum absolute atomic E-state index is 13.0. The molecular formula is C22H26N2O2. The maximum atomic E-state index is 13.0. The summed E-state index contributed by atoms with van der Waals surface area (Å²) in [5, 5.41) is 0. The number of carbonyl (C=O) groups excluding carboxylic acids is 2. The monoisotopic (exact) mass is 350 g/mol. The van der Waals surface area contributed by atoms with Crippen LogP contribution < -0.4 is 0 Å². The molecule has 3 rings (SSSR count). The van der Waals surface area contributed by atoms with E-state index in [1.807, 2.05) is 17.0 Å². The lowest BCUT2D eigenvalue weighted by molar-refractivity contribution is 0.0599. The largest absolute Gasteiger partial charge is 0.337 e. The summed E-state index contributed by atoms with van der Waals surface area (Å²) in [7, 11) is 2.12. The molecule has 1 atom stereocenters. The van der Waals surface area contributed by atoms with E-state index in [0.717, 1.165) is 25.9 Å². The standard InChI is InChI=1S/C22H26N2O2/c1-17(25)20-12-6-7-13-21(20)22(26)24-14-8-11-19(16-24)23(2)15-18-9-4-3-5-10-18/h3-7,9-10,12-13,19H,8,11,14-16H2,1-2H3. The SMILES string of the molecule is CC(=O)c1ccccc1C(=O)N1CCCC(N(C)Cc2ccccc2)C1. The van der Waals surface area contributed by atoms with Gasteiger partial charge in [-0.2, -0.15) is 0 Å². The highest BCUT2D eigenvalue weighted by Crippen LogP contribution is 2.20. The Kier molecular flexibility index (Phi) is 5.84. The summed E-state index contributed by atoms with van der Waals surface area (Å²) in [6.45, 7) is 3.84. The topological polar surface area (TPSA) is 40.6 Å². The van der Waals surface area contributed by atoms with Gasteiger partial charge >= 0.3 is 0 Å². The normalized spacial score (nSPS) is 17.3. The van der Waals surface area contributed by atoms with Gasteiger partial charge in [-0.25, -0.2) is 0 Å². The quantitative estimate of drug-likeness (QED) is 0.773. The molecule has 1 amide bonds. The first-order chi connectivity index (χ1) is 12.6. The minimum absolute atomic E-state index is 0.0337. The molecule has 0 radical (unpaired) electrons. The smallest absolute Gasteiger partial charge is 0.254 e. The first-order valence-electron chi connectivity index (χ1n) is 9.19. The number of hydrogen-bond acceptors (Lipinski definition) is 3. The molecule has 2 aromatic rings. The number of piperidine rings is 1. The summed E-state index contributed by atoms with van der Waals surface area (Å²) in [6.07, 6.45) is 2.07. The third-order valence-corrected chi connectivity index (χ3v) is 5.12. The van der Waals surface area contributed by atoms with Crippen molar-refractivity contribution in [1.29, 1.82) is 0 Å². The van der Waals surface area contributed by atoms with Gasteiger partial charge in [-0.1, -0.05) is 48.5 Å². The fourth-order valence-electron chi connectivity index (χ4n) is 3.65. The lowest BCUT2D eigenvalue weighted by Gasteiger charge is -2.38. The van der Waals surface area contributed by atoms with Crippen molar-refractivity contribution in [3.63, 3.8) is 0 Å². The van der Waals surface area contributed by atoms with Gasteiger partial charge in [0.05, 0.1) is 5.56 Å². The molecule has 136 valence electrons. The molecule has 0 N–H and O–H groups in total. The van der Waals surface area contributed by atoms with E-state index < -0.39 is 0 Å². The summed E-state index contributed by atoms with van der Waals surface area (Å²) in [5.41, 5.74) is 2.31. The minimum Gasteiger partial charge on any atom is -0.337 e. The van der Waals surface area contributed by atoms with E-state index in [4.69, 9.17) is 0 Å². The van der Waals surface area contributed by atoms with E-state index in [0.29, 0.717) is 23.7 Å². The Hall–Kier alpha value is -2.46. The van der Waals surface area contributed by atoms with Gasteiger partial charge in [0.25, 0.3) is 5.91 Å². The summed E-state index contributed by atoms with van der Waals surface area (Å²) in [4.78, 5) is 29.1. The van der Waals surface area contributed by atoms with Crippen LogP contribution in [0.15, 0.2) is 54.6 Å². The zero-order valence-corrected chi connectivity index (χ0v) is 15.5. The molecule has 2 aromatic carbocycles. The Bertz CT molecular complexity index is 773. The van der Waals surface area contributed by atoms with Crippen LogP contribution in [0.5, 0.6) is 0 Å². The van der Waals surface area contributed by atoms with E-state index in [9.17, 15) is 9.59 Å². The fourth-order valence-corrected chi connectivity index (χ4v) is 3.65. The molecule has 0 aromatic heterocycles. The molecule has 1 aliphatic heterocycles. The second-order valence-corrected chi connectivity index (χ2v) is 7.05. The average Bonchev–Trinajstić information content (AvgIpc) is 2.68. The Balaban J connectivity index is 1.70. The van der Waals surface area contributed by atoms with Gasteiger partial charge in [-0.3, -0.25) is 14.5 Å². The van der Waals surface area contributed by atoms with Crippen molar-refractivity contribution < 1.29 is 9.59 Å². The van der Waals surface area contributed by atoms with Gasteiger partial charge in [-0.05, 0) is 38.4 Å². The summed E-state index contributed by atoms with van der Waals surface area (Å²) in [5.74, 6) is -0.0997. The van der Waals surface area contributed by atoms with Crippen molar-refractivity contribution in [1.82, 2.24) is 9.80 Å². The maximum Gasteiger partial charge on any atom is 0.254 e. The van der Waals surface area contributed by atoms with Crippen molar-refractivity contribution in [2.45, 2.75) is 32.4 Å². The number of ketones is 1. The van der Waals surface area contributed by atoms with Crippen LogP contribution in [-0.4, -0.2) is 47.7 Å². The molecule has 26 heavy (non-hydrogen) atoms. The van der Waals surface area contributed by atoms with E-state index in [1.165, 1.54) is 12.5 Å².